The Kier molecular flexibility index (Phi) is 14.1. The van der Waals surface area contributed by atoms with E-state index in [4.69, 9.17) is 25.6 Å². The fraction of sp³-hybridized carbons (Fsp3) is 0.457. The molecule has 12 nitrogen and oxygen atoms in total. The van der Waals surface area contributed by atoms with Gasteiger partial charge in [-0.3, -0.25) is 14.9 Å². The molecule has 1 N–H and O–H groups in total. The lowest BCUT2D eigenvalue weighted by Gasteiger charge is -2.36. The largest absolute Gasteiger partial charge is 0.447 e. The van der Waals surface area contributed by atoms with Crippen LogP contribution in [0.5, 0.6) is 0 Å². The molecule has 0 saturated carbocycles. The van der Waals surface area contributed by atoms with Gasteiger partial charge in [0.25, 0.3) is 0 Å². The Bertz CT molecular complexity index is 1640. The van der Waals surface area contributed by atoms with Crippen LogP contribution in [0.1, 0.15) is 53.0 Å². The van der Waals surface area contributed by atoms with Crippen molar-refractivity contribution in [2.45, 2.75) is 65.5 Å². The van der Waals surface area contributed by atoms with Crippen LogP contribution in [-0.4, -0.2) is 95.3 Å². The van der Waals surface area contributed by atoms with Crippen molar-refractivity contribution in [2.75, 3.05) is 45.2 Å². The van der Waals surface area contributed by atoms with Gasteiger partial charge < -0.3 is 28.7 Å². The molecule has 4 amide bonds. The molecular weight excluding hydrogens is 676 g/mol. The van der Waals surface area contributed by atoms with Gasteiger partial charge in [-0.1, -0.05) is 48.4 Å². The minimum Gasteiger partial charge on any atom is -0.447 e. The Hall–Kier alpha value is -4.72. The fourth-order valence-electron chi connectivity index (χ4n) is 5.09. The first kappa shape index (κ1) is 39.7. The smallest absolute Gasteiger partial charge is 0.414 e. The van der Waals surface area contributed by atoms with Gasteiger partial charge in [0.05, 0.1) is 11.1 Å². The molecular formula is C35H44ClF2N5O7. The zero-order chi connectivity index (χ0) is 35.7. The van der Waals surface area contributed by atoms with Crippen LogP contribution in [0.15, 0.2) is 53.1 Å². The molecule has 0 unspecified atom stereocenters. The summed E-state index contributed by atoms with van der Waals surface area (Å²) in [5, 5.41) is 6.20. The highest BCUT2D eigenvalue weighted by atomic mass is 35.5. The number of aromatic nitrogens is 1. The quantitative estimate of drug-likeness (QED) is 0.229. The number of amides is 4. The second kappa shape index (κ2) is 17.8. The summed E-state index contributed by atoms with van der Waals surface area (Å²) in [6.07, 6.45) is -0.978. The molecule has 0 spiro atoms. The number of nitrogens with one attached hydrogen (secondary N) is 1. The number of likely N-dealkylation sites (N-methyl/N-ethyl adjacent to an activating group) is 1. The van der Waals surface area contributed by atoms with Crippen molar-refractivity contribution in [3.8, 4) is 11.3 Å². The first-order chi connectivity index (χ1) is 23.2. The zero-order valence-corrected chi connectivity index (χ0v) is 28.6. The van der Waals surface area contributed by atoms with E-state index in [9.17, 15) is 28.0 Å². The Balaban J connectivity index is 0.00000676. The van der Waals surface area contributed by atoms with E-state index >= 15 is 0 Å². The average molecular weight is 720 g/mol. The van der Waals surface area contributed by atoms with Crippen LogP contribution in [0, 0.1) is 11.6 Å². The molecule has 50 heavy (non-hydrogen) atoms. The van der Waals surface area contributed by atoms with Gasteiger partial charge in [-0.05, 0) is 57.4 Å². The van der Waals surface area contributed by atoms with Gasteiger partial charge in [-0.25, -0.2) is 18.4 Å². The second-order valence-corrected chi connectivity index (χ2v) is 12.9. The highest BCUT2D eigenvalue weighted by Gasteiger charge is 2.29. The predicted octanol–water partition coefficient (Wildman–Crippen LogP) is 6.78. The van der Waals surface area contributed by atoms with Crippen LogP contribution in [-0.2, 0) is 25.5 Å². The number of rotatable bonds is 11. The number of piperazine rings is 1. The Labute approximate surface area is 295 Å². The second-order valence-electron chi connectivity index (χ2n) is 12.6. The normalized spacial score (nSPS) is 13.6. The van der Waals surface area contributed by atoms with Crippen molar-refractivity contribution >= 4 is 41.5 Å². The molecule has 4 rings (SSSR count). The summed E-state index contributed by atoms with van der Waals surface area (Å²) in [6.45, 7) is 6.36. The number of carbonyl (C=O) groups excluding carboxylic acids is 4. The maximum absolute atomic E-state index is 13.9. The van der Waals surface area contributed by atoms with E-state index in [0.29, 0.717) is 43.0 Å². The standard InChI is InChI=1S/C34H40ClF2N5O7.CH4/c1-34(2,3)48-33(46)42-17-15-41(16-18-42)30(44)14-12-25(40(4)29(43)13-11-22-7-6-10-26(37)31(22)35)21-47-32(45)38-28-20-27(39-49-28)23-8-5-9-24(36)19-23;/h5-10,19-20,25H,11-18,21H2,1-4H3,(H,38,45);1H4/t25-;/m0./s1. The van der Waals surface area contributed by atoms with Crippen LogP contribution in [0.4, 0.5) is 24.3 Å². The highest BCUT2D eigenvalue weighted by Crippen LogP contribution is 2.24. The van der Waals surface area contributed by atoms with Gasteiger partial charge in [0.2, 0.25) is 17.7 Å². The molecule has 1 aromatic heterocycles. The number of halogens is 3. The van der Waals surface area contributed by atoms with Gasteiger partial charge in [0, 0.05) is 57.7 Å². The molecule has 3 aromatic rings. The van der Waals surface area contributed by atoms with Crippen LogP contribution in [0.2, 0.25) is 5.02 Å². The topological polar surface area (TPSA) is 135 Å². The molecule has 0 aliphatic carbocycles. The van der Waals surface area contributed by atoms with Crippen LogP contribution < -0.4 is 5.32 Å². The third kappa shape index (κ3) is 11.4. The first-order valence-corrected chi connectivity index (χ1v) is 16.2. The molecule has 0 radical (unpaired) electrons. The molecule has 2 aromatic carbocycles. The zero-order valence-electron chi connectivity index (χ0n) is 27.8. The van der Waals surface area contributed by atoms with Gasteiger partial charge in [-0.15, -0.1) is 0 Å². The van der Waals surface area contributed by atoms with E-state index in [1.807, 2.05) is 0 Å². The van der Waals surface area contributed by atoms with E-state index in [2.05, 4.69) is 10.5 Å². The highest BCUT2D eigenvalue weighted by molar-refractivity contribution is 6.31. The average Bonchev–Trinajstić information content (AvgIpc) is 3.52. The first-order valence-electron chi connectivity index (χ1n) is 15.8. The lowest BCUT2D eigenvalue weighted by atomic mass is 10.1. The number of hydrogen-bond acceptors (Lipinski definition) is 8. The maximum atomic E-state index is 13.9. The van der Waals surface area contributed by atoms with E-state index in [1.54, 1.807) is 42.7 Å². The maximum Gasteiger partial charge on any atom is 0.414 e. The summed E-state index contributed by atoms with van der Waals surface area (Å²) < 4.78 is 43.5. The molecule has 1 saturated heterocycles. The summed E-state index contributed by atoms with van der Waals surface area (Å²) in [5.74, 6) is -1.60. The van der Waals surface area contributed by atoms with Gasteiger partial charge in [0.1, 0.15) is 29.5 Å². The number of ether oxygens (including phenoxy) is 2. The van der Waals surface area contributed by atoms with Crippen LogP contribution in [0.3, 0.4) is 0 Å². The monoisotopic (exact) mass is 719 g/mol. The number of nitrogens with zero attached hydrogens (tertiary/aromatic N) is 4. The van der Waals surface area contributed by atoms with Gasteiger partial charge in [-0.2, -0.15) is 0 Å². The number of hydrogen-bond donors (Lipinski definition) is 1. The minimum absolute atomic E-state index is 0. The number of aryl methyl sites for hydroxylation is 1. The van der Waals surface area contributed by atoms with Crippen LogP contribution in [0.25, 0.3) is 11.3 Å². The summed E-state index contributed by atoms with van der Waals surface area (Å²) >= 11 is 6.06. The van der Waals surface area contributed by atoms with E-state index in [1.165, 1.54) is 48.3 Å². The van der Waals surface area contributed by atoms with E-state index in [-0.39, 0.29) is 62.4 Å². The third-order valence-electron chi connectivity index (χ3n) is 7.82. The van der Waals surface area contributed by atoms with Crippen LogP contribution >= 0.6 is 11.6 Å². The van der Waals surface area contributed by atoms with Gasteiger partial charge >= 0.3 is 12.2 Å². The molecule has 2 heterocycles. The third-order valence-corrected chi connectivity index (χ3v) is 8.24. The molecule has 272 valence electrons. The lowest BCUT2D eigenvalue weighted by molar-refractivity contribution is -0.136. The van der Waals surface area contributed by atoms with Crippen molar-refractivity contribution < 1.29 is 42.0 Å². The molecule has 1 aliphatic rings. The Morgan fingerprint density at radius 2 is 1.70 bits per heavy atom. The Morgan fingerprint density at radius 3 is 2.38 bits per heavy atom. The predicted molar refractivity (Wildman–Crippen MR) is 184 cm³/mol. The van der Waals surface area contributed by atoms with Gasteiger partial charge in [0.15, 0.2) is 0 Å². The Morgan fingerprint density at radius 1 is 1.02 bits per heavy atom. The number of carbonyl (C=O) groups is 4. The van der Waals surface area contributed by atoms with Crippen molar-refractivity contribution in [1.82, 2.24) is 19.9 Å². The number of benzene rings is 2. The van der Waals surface area contributed by atoms with E-state index in [0.717, 1.165) is 0 Å². The molecule has 1 atom stereocenters. The minimum atomic E-state index is -0.899. The van der Waals surface area contributed by atoms with Crippen molar-refractivity contribution in [3.05, 3.63) is 70.8 Å². The van der Waals surface area contributed by atoms with Crippen molar-refractivity contribution in [2.24, 2.45) is 0 Å². The fourth-order valence-corrected chi connectivity index (χ4v) is 5.31. The van der Waals surface area contributed by atoms with Crippen molar-refractivity contribution in [3.63, 3.8) is 0 Å². The lowest BCUT2D eigenvalue weighted by Crippen LogP contribution is -2.51. The molecule has 0 bridgehead atoms. The van der Waals surface area contributed by atoms with Crippen molar-refractivity contribution in [1.29, 1.82) is 0 Å². The SMILES string of the molecule is C.CN(C(=O)CCc1cccc(F)c1Cl)[C@@H](CCC(=O)N1CCN(C(=O)OC(C)(C)C)CC1)COC(=O)Nc1cc(-c2cccc(F)c2)no1. The van der Waals surface area contributed by atoms with E-state index < -0.39 is 35.5 Å². The summed E-state index contributed by atoms with van der Waals surface area (Å²) in [4.78, 5) is 56.1. The summed E-state index contributed by atoms with van der Waals surface area (Å²) in [5.41, 5.74) is 0.578. The summed E-state index contributed by atoms with van der Waals surface area (Å²) in [7, 11) is 1.53. The molecule has 1 fully saturated rings. The summed E-state index contributed by atoms with van der Waals surface area (Å²) in [6, 6.07) is 10.8. The molecule has 15 heteroatoms. The number of anilines is 1. The molecule has 1 aliphatic heterocycles.